The minimum absolute atomic E-state index is 0.0107. The van der Waals surface area contributed by atoms with Gasteiger partial charge in [0.25, 0.3) is 0 Å². The third-order valence-corrected chi connectivity index (χ3v) is 5.74. The lowest BCUT2D eigenvalue weighted by molar-refractivity contribution is -0.121. The summed E-state index contributed by atoms with van der Waals surface area (Å²) >= 11 is 1.54. The van der Waals surface area contributed by atoms with Gasteiger partial charge in [0.05, 0.1) is 18.0 Å². The van der Waals surface area contributed by atoms with Crippen LogP contribution in [-0.2, 0) is 11.2 Å². The number of nitrogens with zero attached hydrogens (tertiary/aromatic N) is 1. The SMILES string of the molecule is COc1cc([C@H](CC(=O)NCCc2nc(C)cs2)c2oc(C)cc(=O)c2O)ccc1O. The number of carbonyl (C=O) groups excluding carboxylic acids is 1. The van der Waals surface area contributed by atoms with E-state index in [2.05, 4.69) is 10.3 Å². The molecule has 0 radical (unpaired) electrons. The highest BCUT2D eigenvalue weighted by Gasteiger charge is 2.26. The van der Waals surface area contributed by atoms with Crippen LogP contribution >= 0.6 is 11.3 Å². The van der Waals surface area contributed by atoms with Gasteiger partial charge in [-0.05, 0) is 31.5 Å². The van der Waals surface area contributed by atoms with Crippen LogP contribution in [-0.4, -0.2) is 34.8 Å². The number of hydrogen-bond acceptors (Lipinski definition) is 8. The first-order chi connectivity index (χ1) is 14.8. The standard InChI is InChI=1S/C22H24N2O6S/c1-12-11-31-20(24-12)6-7-23-19(27)10-15(14-4-5-16(25)18(9-14)29-3)22-21(28)17(26)8-13(2)30-22/h4-5,8-9,11,15,25,28H,6-7,10H2,1-3H3,(H,23,27)/t15-/m0/s1. The molecular weight excluding hydrogens is 420 g/mol. The van der Waals surface area contributed by atoms with Crippen LogP contribution in [0.4, 0.5) is 0 Å². The lowest BCUT2D eigenvalue weighted by atomic mass is 9.91. The predicted molar refractivity (Wildman–Crippen MR) is 116 cm³/mol. The number of phenols is 1. The molecule has 3 rings (SSSR count). The molecule has 9 heteroatoms. The molecule has 0 unspecified atom stereocenters. The number of ether oxygens (including phenoxy) is 1. The zero-order valence-electron chi connectivity index (χ0n) is 17.5. The van der Waals surface area contributed by atoms with Crippen molar-refractivity contribution in [3.05, 3.63) is 67.7 Å². The Labute approximate surface area is 183 Å². The number of thiazole rings is 1. The topological polar surface area (TPSA) is 122 Å². The molecule has 1 atom stereocenters. The number of phenolic OH excluding ortho intramolecular Hbond substituents is 1. The fourth-order valence-corrected chi connectivity index (χ4v) is 3.99. The second kappa shape index (κ2) is 9.65. The minimum atomic E-state index is -0.760. The van der Waals surface area contributed by atoms with Gasteiger partial charge in [0.15, 0.2) is 17.3 Å². The average molecular weight is 445 g/mol. The summed E-state index contributed by atoms with van der Waals surface area (Å²) in [4.78, 5) is 29.2. The van der Waals surface area contributed by atoms with Crippen LogP contribution in [0.5, 0.6) is 17.2 Å². The summed E-state index contributed by atoms with van der Waals surface area (Å²) in [6.07, 6.45) is 0.525. The van der Waals surface area contributed by atoms with Crippen LogP contribution in [0.15, 0.2) is 38.9 Å². The summed E-state index contributed by atoms with van der Waals surface area (Å²) in [6.45, 7) is 3.91. The van der Waals surface area contributed by atoms with Gasteiger partial charge < -0.3 is 24.7 Å². The van der Waals surface area contributed by atoms with Crippen molar-refractivity contribution in [3.63, 3.8) is 0 Å². The van der Waals surface area contributed by atoms with E-state index in [-0.39, 0.29) is 29.6 Å². The first kappa shape index (κ1) is 22.4. The Morgan fingerprint density at radius 2 is 2.06 bits per heavy atom. The monoisotopic (exact) mass is 444 g/mol. The fourth-order valence-electron chi connectivity index (χ4n) is 3.22. The summed E-state index contributed by atoms with van der Waals surface area (Å²) in [6, 6.07) is 5.75. The summed E-state index contributed by atoms with van der Waals surface area (Å²) in [5.74, 6) is -1.15. The molecule has 0 aliphatic carbocycles. The Balaban J connectivity index is 1.85. The van der Waals surface area contributed by atoms with Gasteiger partial charge in [-0.3, -0.25) is 9.59 Å². The van der Waals surface area contributed by atoms with Gasteiger partial charge in [0.1, 0.15) is 5.76 Å². The maximum absolute atomic E-state index is 12.7. The van der Waals surface area contributed by atoms with E-state index in [4.69, 9.17) is 9.15 Å². The number of aromatic nitrogens is 1. The van der Waals surface area contributed by atoms with Crippen LogP contribution in [0.2, 0.25) is 0 Å². The molecule has 0 saturated heterocycles. The third-order valence-electron chi connectivity index (χ3n) is 4.71. The lowest BCUT2D eigenvalue weighted by Gasteiger charge is -2.19. The van der Waals surface area contributed by atoms with Crippen molar-refractivity contribution in [2.45, 2.75) is 32.6 Å². The van der Waals surface area contributed by atoms with Gasteiger partial charge in [-0.1, -0.05) is 6.07 Å². The molecule has 8 nitrogen and oxygen atoms in total. The minimum Gasteiger partial charge on any atom is -0.504 e. The number of methoxy groups -OCH3 is 1. The van der Waals surface area contributed by atoms with Crippen LogP contribution in [0.25, 0.3) is 0 Å². The molecule has 1 amide bonds. The van der Waals surface area contributed by atoms with E-state index >= 15 is 0 Å². The van der Waals surface area contributed by atoms with E-state index < -0.39 is 17.1 Å². The number of carbonyl (C=O) groups is 1. The lowest BCUT2D eigenvalue weighted by Crippen LogP contribution is -2.27. The first-order valence-corrected chi connectivity index (χ1v) is 10.5. The van der Waals surface area contributed by atoms with Gasteiger partial charge >= 0.3 is 0 Å². The zero-order chi connectivity index (χ0) is 22.5. The maximum Gasteiger partial charge on any atom is 0.227 e. The maximum atomic E-state index is 12.7. The van der Waals surface area contributed by atoms with E-state index in [0.29, 0.717) is 24.3 Å². The number of hydrogen-bond donors (Lipinski definition) is 3. The second-order valence-corrected chi connectivity index (χ2v) is 8.05. The molecule has 0 aliphatic heterocycles. The highest BCUT2D eigenvalue weighted by Crippen LogP contribution is 2.37. The van der Waals surface area contributed by atoms with Crippen molar-refractivity contribution < 1.29 is 24.2 Å². The normalized spacial score (nSPS) is 11.8. The van der Waals surface area contributed by atoms with Crippen molar-refractivity contribution in [2.75, 3.05) is 13.7 Å². The smallest absolute Gasteiger partial charge is 0.227 e. The third kappa shape index (κ3) is 5.43. The molecule has 0 spiro atoms. The van der Waals surface area contributed by atoms with Crippen molar-refractivity contribution in [1.29, 1.82) is 0 Å². The average Bonchev–Trinajstić information content (AvgIpc) is 3.14. The van der Waals surface area contributed by atoms with Crippen molar-refractivity contribution in [2.24, 2.45) is 0 Å². The number of rotatable bonds is 8. The molecule has 2 heterocycles. The summed E-state index contributed by atoms with van der Waals surface area (Å²) in [5.41, 5.74) is 0.899. The molecule has 3 aromatic rings. The summed E-state index contributed by atoms with van der Waals surface area (Å²) < 4.78 is 10.8. The number of amides is 1. The van der Waals surface area contributed by atoms with Gasteiger partial charge in [0.2, 0.25) is 17.1 Å². The molecule has 0 saturated carbocycles. The van der Waals surface area contributed by atoms with E-state index in [9.17, 15) is 19.8 Å². The number of nitrogens with one attached hydrogen (secondary N) is 1. The largest absolute Gasteiger partial charge is 0.504 e. The number of benzene rings is 1. The number of aromatic hydroxyl groups is 2. The van der Waals surface area contributed by atoms with E-state index in [1.807, 2.05) is 12.3 Å². The second-order valence-electron chi connectivity index (χ2n) is 7.10. The van der Waals surface area contributed by atoms with Gasteiger partial charge in [-0.15, -0.1) is 11.3 Å². The molecule has 164 valence electrons. The van der Waals surface area contributed by atoms with E-state index in [1.165, 1.54) is 30.6 Å². The Morgan fingerprint density at radius 1 is 1.29 bits per heavy atom. The Morgan fingerprint density at radius 3 is 2.74 bits per heavy atom. The molecule has 3 N–H and O–H groups in total. The Hall–Kier alpha value is -3.33. The van der Waals surface area contributed by atoms with Crippen LogP contribution in [0.1, 0.15) is 40.1 Å². The van der Waals surface area contributed by atoms with Crippen molar-refractivity contribution in [3.8, 4) is 17.2 Å². The van der Waals surface area contributed by atoms with Gasteiger partial charge in [-0.25, -0.2) is 4.98 Å². The number of aryl methyl sites for hydroxylation is 2. The Kier molecular flexibility index (Phi) is 6.96. The molecule has 1 aromatic carbocycles. The highest BCUT2D eigenvalue weighted by molar-refractivity contribution is 7.09. The molecule has 31 heavy (non-hydrogen) atoms. The highest BCUT2D eigenvalue weighted by atomic mass is 32.1. The molecule has 2 aromatic heterocycles. The van der Waals surface area contributed by atoms with Crippen LogP contribution < -0.4 is 15.5 Å². The Bertz CT molecular complexity index is 1140. The fraction of sp³-hybridized carbons (Fsp3) is 0.318. The summed E-state index contributed by atoms with van der Waals surface area (Å²) in [5, 5.41) is 26.0. The van der Waals surface area contributed by atoms with Gasteiger partial charge in [-0.2, -0.15) is 0 Å². The molecular formula is C22H24N2O6S. The van der Waals surface area contributed by atoms with Crippen molar-refractivity contribution >= 4 is 17.2 Å². The van der Waals surface area contributed by atoms with Crippen LogP contribution in [0.3, 0.4) is 0 Å². The van der Waals surface area contributed by atoms with E-state index in [1.54, 1.807) is 19.1 Å². The quantitative estimate of drug-likeness (QED) is 0.488. The predicted octanol–water partition coefficient (Wildman–Crippen LogP) is 3.01. The van der Waals surface area contributed by atoms with E-state index in [0.717, 1.165) is 10.7 Å². The molecule has 0 aliphatic rings. The van der Waals surface area contributed by atoms with Gasteiger partial charge in [0, 0.05) is 36.5 Å². The summed E-state index contributed by atoms with van der Waals surface area (Å²) in [7, 11) is 1.41. The molecule has 0 fully saturated rings. The van der Waals surface area contributed by atoms with Crippen LogP contribution in [0, 0.1) is 13.8 Å². The zero-order valence-corrected chi connectivity index (χ0v) is 18.3. The first-order valence-electron chi connectivity index (χ1n) is 9.66. The molecule has 0 bridgehead atoms. The van der Waals surface area contributed by atoms with Crippen molar-refractivity contribution in [1.82, 2.24) is 10.3 Å².